The van der Waals surface area contributed by atoms with Crippen molar-refractivity contribution in [1.82, 2.24) is 10.2 Å². The van der Waals surface area contributed by atoms with Gasteiger partial charge in [-0.25, -0.2) is 8.42 Å². The largest absolute Gasteiger partial charge is 0.497 e. The molecule has 0 spiro atoms. The van der Waals surface area contributed by atoms with Crippen LogP contribution in [-0.2, 0) is 26.2 Å². The minimum atomic E-state index is -3.51. The highest BCUT2D eigenvalue weighted by Gasteiger charge is 2.29. The van der Waals surface area contributed by atoms with Gasteiger partial charge in [-0.15, -0.1) is 0 Å². The van der Waals surface area contributed by atoms with Gasteiger partial charge in [0.1, 0.15) is 11.8 Å². The predicted octanol–water partition coefficient (Wildman–Crippen LogP) is 3.82. The van der Waals surface area contributed by atoms with Crippen molar-refractivity contribution in [2.24, 2.45) is 5.92 Å². The second-order valence-electron chi connectivity index (χ2n) is 9.21. The number of sulfonamides is 1. The smallest absolute Gasteiger partial charge is 0.242 e. The molecule has 2 rings (SSSR count). The molecule has 1 atom stereocenters. The maximum absolute atomic E-state index is 13.4. The number of amides is 2. The van der Waals surface area contributed by atoms with Crippen LogP contribution in [0.3, 0.4) is 0 Å². The first kappa shape index (κ1) is 29.2. The van der Waals surface area contributed by atoms with Crippen LogP contribution in [0.4, 0.5) is 5.69 Å². The van der Waals surface area contributed by atoms with Crippen molar-refractivity contribution in [3.63, 3.8) is 0 Å². The van der Waals surface area contributed by atoms with Gasteiger partial charge in [-0.2, -0.15) is 0 Å². The summed E-state index contributed by atoms with van der Waals surface area (Å²) in [6.07, 6.45) is 2.06. The summed E-state index contributed by atoms with van der Waals surface area (Å²) in [7, 11) is -1.92. The molecule has 0 bridgehead atoms. The Morgan fingerprint density at radius 2 is 1.67 bits per heavy atom. The number of rotatable bonds is 14. The zero-order valence-corrected chi connectivity index (χ0v) is 22.8. The highest BCUT2D eigenvalue weighted by Crippen LogP contribution is 2.20. The Hall–Kier alpha value is -3.07. The molecule has 2 aromatic rings. The lowest BCUT2D eigenvalue weighted by Gasteiger charge is -2.31. The molecule has 0 aliphatic heterocycles. The lowest BCUT2D eigenvalue weighted by molar-refractivity contribution is -0.141. The van der Waals surface area contributed by atoms with Crippen molar-refractivity contribution in [1.29, 1.82) is 0 Å². The summed E-state index contributed by atoms with van der Waals surface area (Å²) in [4.78, 5) is 28.0. The van der Waals surface area contributed by atoms with Crippen molar-refractivity contribution < 1.29 is 22.7 Å². The Bertz CT molecular complexity index is 1070. The topological polar surface area (TPSA) is 96.0 Å². The van der Waals surface area contributed by atoms with E-state index in [9.17, 15) is 18.0 Å². The molecule has 0 saturated carbocycles. The fourth-order valence-electron chi connectivity index (χ4n) is 3.87. The fourth-order valence-corrected chi connectivity index (χ4v) is 4.83. The molecular formula is C27H39N3O5S. The van der Waals surface area contributed by atoms with Crippen LogP contribution in [0.1, 0.15) is 45.6 Å². The number of nitrogens with zero attached hydrogens (tertiary/aromatic N) is 2. The second kappa shape index (κ2) is 13.9. The molecule has 0 heterocycles. The van der Waals surface area contributed by atoms with Gasteiger partial charge in [0.2, 0.25) is 21.8 Å². The standard InChI is InChI=1S/C27H39N3O5S/c1-6-25(27(32)28-19-21(2)3)29(20-22-14-16-24(35-4)17-15-22)26(31)13-10-18-30(36(5,33)34)23-11-8-7-9-12-23/h7-9,11-12,14-17,21,25H,6,10,13,18-20H2,1-5H3,(H,28,32). The molecule has 8 nitrogen and oxygen atoms in total. The highest BCUT2D eigenvalue weighted by molar-refractivity contribution is 7.92. The molecule has 1 unspecified atom stereocenters. The maximum atomic E-state index is 13.4. The second-order valence-corrected chi connectivity index (χ2v) is 11.1. The van der Waals surface area contributed by atoms with E-state index in [1.54, 1.807) is 36.3 Å². The molecule has 9 heteroatoms. The zero-order valence-electron chi connectivity index (χ0n) is 21.9. The van der Waals surface area contributed by atoms with E-state index in [1.165, 1.54) is 4.31 Å². The highest BCUT2D eigenvalue weighted by atomic mass is 32.2. The number of benzene rings is 2. The first-order valence-corrected chi connectivity index (χ1v) is 14.1. The number of methoxy groups -OCH3 is 1. The van der Waals surface area contributed by atoms with E-state index >= 15 is 0 Å². The van der Waals surface area contributed by atoms with Crippen LogP contribution in [0.25, 0.3) is 0 Å². The van der Waals surface area contributed by atoms with Crippen LogP contribution in [0.2, 0.25) is 0 Å². The maximum Gasteiger partial charge on any atom is 0.242 e. The average molecular weight is 518 g/mol. The summed E-state index contributed by atoms with van der Waals surface area (Å²) < 4.78 is 31.3. The van der Waals surface area contributed by atoms with Gasteiger partial charge in [-0.1, -0.05) is 51.1 Å². The third kappa shape index (κ3) is 8.86. The molecular weight excluding hydrogens is 478 g/mol. The van der Waals surface area contributed by atoms with E-state index in [0.717, 1.165) is 11.8 Å². The van der Waals surface area contributed by atoms with Crippen molar-refractivity contribution >= 4 is 27.5 Å². The van der Waals surface area contributed by atoms with Crippen LogP contribution in [0, 0.1) is 5.92 Å². The molecule has 0 fully saturated rings. The number of para-hydroxylation sites is 1. The molecule has 0 radical (unpaired) electrons. The Labute approximate surface area is 215 Å². The zero-order chi connectivity index (χ0) is 26.7. The van der Waals surface area contributed by atoms with Gasteiger partial charge in [-0.3, -0.25) is 13.9 Å². The van der Waals surface area contributed by atoms with Gasteiger partial charge >= 0.3 is 0 Å². The van der Waals surface area contributed by atoms with Gasteiger partial charge < -0.3 is 15.0 Å². The number of hydrogen-bond acceptors (Lipinski definition) is 5. The Kier molecular flexibility index (Phi) is 11.2. The molecule has 36 heavy (non-hydrogen) atoms. The minimum Gasteiger partial charge on any atom is -0.497 e. The molecule has 0 aliphatic rings. The van der Waals surface area contributed by atoms with Crippen molar-refractivity contribution in [3.8, 4) is 5.75 Å². The first-order valence-electron chi connectivity index (χ1n) is 12.3. The SMILES string of the molecule is CCC(C(=O)NCC(C)C)N(Cc1ccc(OC)cc1)C(=O)CCCN(c1ccccc1)S(C)(=O)=O. The van der Waals surface area contributed by atoms with E-state index in [1.807, 2.05) is 51.1 Å². The van der Waals surface area contributed by atoms with Gasteiger partial charge in [0.15, 0.2) is 0 Å². The van der Waals surface area contributed by atoms with Crippen LogP contribution < -0.4 is 14.4 Å². The van der Waals surface area contributed by atoms with Gasteiger partial charge in [0.25, 0.3) is 0 Å². The third-order valence-electron chi connectivity index (χ3n) is 5.78. The van der Waals surface area contributed by atoms with Crippen LogP contribution in [-0.4, -0.2) is 57.6 Å². The van der Waals surface area contributed by atoms with Crippen molar-refractivity contribution in [3.05, 3.63) is 60.2 Å². The summed E-state index contributed by atoms with van der Waals surface area (Å²) in [6, 6.07) is 15.6. The average Bonchev–Trinajstić information content (AvgIpc) is 2.85. The number of carbonyl (C=O) groups is 2. The predicted molar refractivity (Wildman–Crippen MR) is 143 cm³/mol. The van der Waals surface area contributed by atoms with E-state index in [2.05, 4.69) is 5.32 Å². The number of anilines is 1. The van der Waals surface area contributed by atoms with E-state index in [-0.39, 0.29) is 37.2 Å². The number of ether oxygens (including phenoxy) is 1. The molecule has 0 aromatic heterocycles. The lowest BCUT2D eigenvalue weighted by Crippen LogP contribution is -2.49. The molecule has 2 amide bonds. The quantitative estimate of drug-likeness (QED) is 0.411. The summed E-state index contributed by atoms with van der Waals surface area (Å²) in [5.74, 6) is 0.617. The summed E-state index contributed by atoms with van der Waals surface area (Å²) >= 11 is 0. The van der Waals surface area contributed by atoms with E-state index in [4.69, 9.17) is 4.74 Å². The number of hydrogen-bond donors (Lipinski definition) is 1. The Morgan fingerprint density at radius 3 is 2.19 bits per heavy atom. The number of nitrogens with one attached hydrogen (secondary N) is 1. The minimum absolute atomic E-state index is 0.114. The third-order valence-corrected chi connectivity index (χ3v) is 6.97. The Balaban J connectivity index is 2.19. The Morgan fingerprint density at radius 1 is 1.03 bits per heavy atom. The molecule has 0 saturated heterocycles. The molecule has 0 aliphatic carbocycles. The van der Waals surface area contributed by atoms with Crippen LogP contribution in [0.5, 0.6) is 5.75 Å². The van der Waals surface area contributed by atoms with Crippen molar-refractivity contribution in [2.45, 2.75) is 52.6 Å². The lowest BCUT2D eigenvalue weighted by atomic mass is 10.1. The normalized spacial score (nSPS) is 12.2. The van der Waals surface area contributed by atoms with Gasteiger partial charge in [0, 0.05) is 26.1 Å². The number of carbonyl (C=O) groups excluding carboxylic acids is 2. The summed E-state index contributed by atoms with van der Waals surface area (Å²) in [6.45, 7) is 6.88. The summed E-state index contributed by atoms with van der Waals surface area (Å²) in [5.41, 5.74) is 1.43. The van der Waals surface area contributed by atoms with E-state index < -0.39 is 16.1 Å². The molecule has 198 valence electrons. The van der Waals surface area contributed by atoms with Crippen molar-refractivity contribution in [2.75, 3.05) is 30.8 Å². The van der Waals surface area contributed by atoms with Crippen LogP contribution in [0.15, 0.2) is 54.6 Å². The monoisotopic (exact) mass is 517 g/mol. The van der Waals surface area contributed by atoms with E-state index in [0.29, 0.717) is 30.8 Å². The fraction of sp³-hybridized carbons (Fsp3) is 0.481. The van der Waals surface area contributed by atoms with Gasteiger partial charge in [0.05, 0.1) is 19.1 Å². The summed E-state index contributed by atoms with van der Waals surface area (Å²) in [5, 5.41) is 2.95. The van der Waals surface area contributed by atoms with Crippen LogP contribution >= 0.6 is 0 Å². The first-order chi connectivity index (χ1) is 17.1. The molecule has 1 N–H and O–H groups in total. The van der Waals surface area contributed by atoms with Gasteiger partial charge in [-0.05, 0) is 48.6 Å². The molecule has 2 aromatic carbocycles.